The molecule has 82 valence electrons. The lowest BCUT2D eigenvalue weighted by Gasteiger charge is -2.10. The first-order valence-corrected chi connectivity index (χ1v) is 4.76. The summed E-state index contributed by atoms with van der Waals surface area (Å²) in [6.07, 6.45) is -4.56. The average Bonchev–Trinajstić information content (AvgIpc) is 2.06. The Bertz CT molecular complexity index is 419. The van der Waals surface area contributed by atoms with Crippen LogP contribution < -0.4 is 5.73 Å². The molecule has 1 aromatic rings. The Hall–Kier alpha value is -0.750. The van der Waals surface area contributed by atoms with Crippen molar-refractivity contribution in [2.45, 2.75) is 6.18 Å². The molecule has 1 amide bonds. The highest BCUT2D eigenvalue weighted by Gasteiger charge is 2.34. The van der Waals surface area contributed by atoms with Crippen LogP contribution in [-0.2, 0) is 6.18 Å². The molecule has 0 aromatic heterocycles. The van der Waals surface area contributed by atoms with Crippen molar-refractivity contribution in [1.29, 1.82) is 0 Å². The molecule has 0 fully saturated rings. The molecule has 0 saturated carbocycles. The van der Waals surface area contributed by atoms with E-state index in [-0.39, 0.29) is 10.0 Å². The summed E-state index contributed by atoms with van der Waals surface area (Å²) in [5.41, 5.74) is 3.83. The summed E-state index contributed by atoms with van der Waals surface area (Å²) in [5.74, 6) is -0.850. The SMILES string of the molecule is NC(=O)c1cc(Cl)c(C(F)(F)F)cc1Br. The second-order valence-corrected chi connectivity index (χ2v) is 3.94. The number of alkyl halides is 3. The molecule has 0 radical (unpaired) electrons. The van der Waals surface area contributed by atoms with Gasteiger partial charge in [0.1, 0.15) is 0 Å². The van der Waals surface area contributed by atoms with Gasteiger partial charge in [-0.3, -0.25) is 4.79 Å². The molecule has 1 rings (SSSR count). The minimum absolute atomic E-state index is 0.0354. The zero-order valence-electron chi connectivity index (χ0n) is 7.03. The van der Waals surface area contributed by atoms with E-state index in [0.29, 0.717) is 0 Å². The van der Waals surface area contributed by atoms with Gasteiger partial charge in [0.25, 0.3) is 0 Å². The van der Waals surface area contributed by atoms with E-state index in [0.717, 1.165) is 12.1 Å². The standard InChI is InChI=1S/C8H4BrClF3NO/c9-5-2-4(8(11,12)13)6(10)1-3(5)7(14)15/h1-2H,(H2,14,15). The van der Waals surface area contributed by atoms with Crippen LogP contribution in [0.25, 0.3) is 0 Å². The van der Waals surface area contributed by atoms with E-state index in [2.05, 4.69) is 15.9 Å². The molecule has 0 aliphatic carbocycles. The maximum Gasteiger partial charge on any atom is 0.417 e. The smallest absolute Gasteiger partial charge is 0.366 e. The average molecular weight is 302 g/mol. The highest BCUT2D eigenvalue weighted by molar-refractivity contribution is 9.10. The molecule has 7 heteroatoms. The van der Waals surface area contributed by atoms with Crippen molar-refractivity contribution >= 4 is 33.4 Å². The topological polar surface area (TPSA) is 43.1 Å². The van der Waals surface area contributed by atoms with Gasteiger partial charge in [0, 0.05) is 4.47 Å². The van der Waals surface area contributed by atoms with Gasteiger partial charge in [-0.15, -0.1) is 0 Å². The number of primary amides is 1. The van der Waals surface area contributed by atoms with Crippen molar-refractivity contribution in [3.05, 3.63) is 32.8 Å². The summed E-state index contributed by atoms with van der Waals surface area (Å²) in [6, 6.07) is 1.61. The second kappa shape index (κ2) is 4.02. The monoisotopic (exact) mass is 301 g/mol. The zero-order valence-corrected chi connectivity index (χ0v) is 9.37. The van der Waals surface area contributed by atoms with Crippen molar-refractivity contribution in [3.63, 3.8) is 0 Å². The molecular weight excluding hydrogens is 298 g/mol. The van der Waals surface area contributed by atoms with Crippen LogP contribution in [-0.4, -0.2) is 5.91 Å². The van der Waals surface area contributed by atoms with E-state index >= 15 is 0 Å². The number of rotatable bonds is 1. The largest absolute Gasteiger partial charge is 0.417 e. The number of nitrogens with two attached hydrogens (primary N) is 1. The molecular formula is C8H4BrClF3NO. The van der Waals surface area contributed by atoms with Crippen LogP contribution in [0.4, 0.5) is 13.2 Å². The number of carbonyl (C=O) groups is 1. The molecule has 0 aliphatic heterocycles. The number of hydrogen-bond donors (Lipinski definition) is 1. The van der Waals surface area contributed by atoms with Gasteiger partial charge in [0.15, 0.2) is 0 Å². The van der Waals surface area contributed by atoms with Gasteiger partial charge in [0.05, 0.1) is 16.1 Å². The quantitative estimate of drug-likeness (QED) is 0.850. The van der Waals surface area contributed by atoms with Crippen LogP contribution in [0.2, 0.25) is 5.02 Å². The molecule has 0 atom stereocenters. The number of halogens is 5. The first kappa shape index (κ1) is 12.3. The summed E-state index contributed by atoms with van der Waals surface area (Å²) in [7, 11) is 0. The highest BCUT2D eigenvalue weighted by atomic mass is 79.9. The van der Waals surface area contributed by atoms with Crippen LogP contribution in [0.3, 0.4) is 0 Å². The van der Waals surface area contributed by atoms with E-state index in [9.17, 15) is 18.0 Å². The van der Waals surface area contributed by atoms with Gasteiger partial charge in [-0.25, -0.2) is 0 Å². The minimum atomic E-state index is -4.56. The summed E-state index contributed by atoms with van der Waals surface area (Å²) >= 11 is 8.20. The lowest BCUT2D eigenvalue weighted by molar-refractivity contribution is -0.137. The summed E-state index contributed by atoms with van der Waals surface area (Å²) < 4.78 is 37.0. The Kier molecular flexibility index (Phi) is 3.30. The van der Waals surface area contributed by atoms with Gasteiger partial charge >= 0.3 is 6.18 Å². The molecule has 2 N–H and O–H groups in total. The van der Waals surface area contributed by atoms with Crippen molar-refractivity contribution < 1.29 is 18.0 Å². The third-order valence-electron chi connectivity index (χ3n) is 1.63. The number of benzene rings is 1. The lowest BCUT2D eigenvalue weighted by Crippen LogP contribution is -2.14. The fourth-order valence-corrected chi connectivity index (χ4v) is 1.76. The molecule has 2 nitrogen and oxygen atoms in total. The Balaban J connectivity index is 3.39. The van der Waals surface area contributed by atoms with Gasteiger partial charge in [0.2, 0.25) is 5.91 Å². The molecule has 0 bridgehead atoms. The van der Waals surface area contributed by atoms with E-state index in [1.165, 1.54) is 0 Å². The predicted octanol–water partition coefficient (Wildman–Crippen LogP) is 3.22. The van der Waals surface area contributed by atoms with Crippen LogP contribution in [0.1, 0.15) is 15.9 Å². The molecule has 0 heterocycles. The molecule has 0 spiro atoms. The van der Waals surface area contributed by atoms with Crippen LogP contribution in [0.15, 0.2) is 16.6 Å². The van der Waals surface area contributed by atoms with Gasteiger partial charge in [-0.2, -0.15) is 13.2 Å². The summed E-state index contributed by atoms with van der Waals surface area (Å²) in [6.45, 7) is 0. The predicted molar refractivity (Wildman–Crippen MR) is 52.7 cm³/mol. The van der Waals surface area contributed by atoms with E-state index < -0.39 is 22.7 Å². The molecule has 0 unspecified atom stereocenters. The lowest BCUT2D eigenvalue weighted by atomic mass is 10.1. The van der Waals surface area contributed by atoms with Gasteiger partial charge < -0.3 is 5.73 Å². The van der Waals surface area contributed by atoms with E-state index in [1.807, 2.05) is 0 Å². The minimum Gasteiger partial charge on any atom is -0.366 e. The Morgan fingerprint density at radius 2 is 1.93 bits per heavy atom. The number of amides is 1. The second-order valence-electron chi connectivity index (χ2n) is 2.67. The molecule has 0 saturated heterocycles. The third-order valence-corrected chi connectivity index (χ3v) is 2.60. The van der Waals surface area contributed by atoms with Gasteiger partial charge in [-0.1, -0.05) is 11.6 Å². The summed E-state index contributed by atoms with van der Waals surface area (Å²) in [4.78, 5) is 10.8. The Morgan fingerprint density at radius 3 is 2.33 bits per heavy atom. The molecule has 0 aliphatic rings. The van der Waals surface area contributed by atoms with E-state index in [1.54, 1.807) is 0 Å². The number of carbonyl (C=O) groups excluding carboxylic acids is 1. The Labute approximate surface area is 96.3 Å². The van der Waals surface area contributed by atoms with E-state index in [4.69, 9.17) is 17.3 Å². The zero-order chi connectivity index (χ0) is 11.8. The summed E-state index contributed by atoms with van der Waals surface area (Å²) in [5, 5.41) is -0.556. The molecule has 15 heavy (non-hydrogen) atoms. The van der Waals surface area contributed by atoms with Crippen molar-refractivity contribution in [3.8, 4) is 0 Å². The first-order chi connectivity index (χ1) is 6.73. The van der Waals surface area contributed by atoms with Crippen molar-refractivity contribution in [2.75, 3.05) is 0 Å². The fourth-order valence-electron chi connectivity index (χ4n) is 0.953. The Morgan fingerprint density at radius 1 is 1.40 bits per heavy atom. The maximum atomic E-state index is 12.3. The normalized spacial score (nSPS) is 11.5. The van der Waals surface area contributed by atoms with Gasteiger partial charge in [-0.05, 0) is 28.1 Å². The highest BCUT2D eigenvalue weighted by Crippen LogP contribution is 2.37. The van der Waals surface area contributed by atoms with Crippen molar-refractivity contribution in [1.82, 2.24) is 0 Å². The van der Waals surface area contributed by atoms with Crippen molar-refractivity contribution in [2.24, 2.45) is 5.73 Å². The third kappa shape index (κ3) is 2.63. The van der Waals surface area contributed by atoms with Crippen LogP contribution in [0.5, 0.6) is 0 Å². The number of hydrogen-bond acceptors (Lipinski definition) is 1. The first-order valence-electron chi connectivity index (χ1n) is 3.59. The van der Waals surface area contributed by atoms with Crippen LogP contribution >= 0.6 is 27.5 Å². The fraction of sp³-hybridized carbons (Fsp3) is 0.125. The maximum absolute atomic E-state index is 12.3. The van der Waals surface area contributed by atoms with Crippen LogP contribution in [0, 0.1) is 0 Å². The molecule has 1 aromatic carbocycles.